The van der Waals surface area contributed by atoms with Gasteiger partial charge in [-0.15, -0.1) is 0 Å². The molecule has 0 fully saturated rings. The number of phenols is 1. The maximum absolute atomic E-state index is 12.5. The van der Waals surface area contributed by atoms with E-state index < -0.39 is 32.8 Å². The number of benzene rings is 2. The molecule has 0 aromatic heterocycles. The number of hydrogen-bond acceptors (Lipinski definition) is 6. The maximum atomic E-state index is 12.5. The summed E-state index contributed by atoms with van der Waals surface area (Å²) in [6, 6.07) is 11.5. The number of carbonyl (C=O) groups excluding carboxylic acids is 1. The lowest BCUT2D eigenvalue weighted by atomic mass is 9.78. The van der Waals surface area contributed by atoms with Crippen molar-refractivity contribution in [3.8, 4) is 5.75 Å². The Morgan fingerprint density at radius 1 is 0.944 bits per heavy atom. The average Bonchev–Trinajstić information content (AvgIpc) is 2.78. The third-order valence-electron chi connectivity index (χ3n) is 5.63. The number of rotatable bonds is 11. The Balaban J connectivity index is 1.98. The van der Waals surface area contributed by atoms with Crippen LogP contribution in [0.2, 0.25) is 0 Å². The Morgan fingerprint density at radius 3 is 2.00 bits per heavy atom. The van der Waals surface area contributed by atoms with E-state index in [-0.39, 0.29) is 29.6 Å². The third-order valence-corrected chi connectivity index (χ3v) is 6.41. The highest BCUT2D eigenvalue weighted by atomic mass is 31.1. The van der Waals surface area contributed by atoms with Crippen molar-refractivity contribution in [2.45, 2.75) is 77.9 Å². The number of nitrogens with one attached hydrogen (secondary N) is 1. The van der Waals surface area contributed by atoms with Crippen LogP contribution in [0, 0.1) is 0 Å². The van der Waals surface area contributed by atoms with Crippen LogP contribution in [0.1, 0.15) is 70.2 Å². The predicted octanol–water partition coefficient (Wildman–Crippen LogP) is 5.11. The number of carboxylic acids is 1. The molecule has 0 radical (unpaired) electrons. The minimum absolute atomic E-state index is 0.0431. The van der Waals surface area contributed by atoms with Gasteiger partial charge in [-0.25, -0.2) is 4.79 Å². The maximum Gasteiger partial charge on any atom is 0.328 e. The lowest BCUT2D eigenvalue weighted by Gasteiger charge is -2.28. The molecule has 0 aliphatic carbocycles. The summed E-state index contributed by atoms with van der Waals surface area (Å²) in [5, 5.41) is 22.7. The Kier molecular flexibility index (Phi) is 10.3. The molecule has 2 atom stereocenters. The molecule has 0 saturated carbocycles. The summed E-state index contributed by atoms with van der Waals surface area (Å²) in [4.78, 5) is 24.1. The van der Waals surface area contributed by atoms with Gasteiger partial charge >= 0.3 is 14.2 Å². The van der Waals surface area contributed by atoms with Crippen molar-refractivity contribution < 1.29 is 33.4 Å². The number of hydrogen-bond donors (Lipinski definition) is 3. The highest BCUT2D eigenvalue weighted by Crippen LogP contribution is 2.40. The van der Waals surface area contributed by atoms with Gasteiger partial charge in [0.1, 0.15) is 5.75 Å². The molecule has 1 unspecified atom stereocenters. The molecular weight excluding hydrogens is 481 g/mol. The lowest BCUT2D eigenvalue weighted by molar-refractivity contribution is -0.142. The topological polar surface area (TPSA) is 122 Å². The molecule has 1 amide bonds. The SMILES string of the molecule is CC(C)(C)c1cc(CCC(=O)N[C@@H](CO[PH](=O)OCc2ccccc2)C(=O)O)cc(C(C)(C)C)c1O. The molecule has 0 saturated heterocycles. The first kappa shape index (κ1) is 29.6. The molecule has 2 aromatic rings. The van der Waals surface area contributed by atoms with Crippen molar-refractivity contribution in [1.82, 2.24) is 5.32 Å². The average molecular weight is 520 g/mol. The van der Waals surface area contributed by atoms with E-state index in [0.29, 0.717) is 6.42 Å². The van der Waals surface area contributed by atoms with Gasteiger partial charge < -0.3 is 24.6 Å². The van der Waals surface area contributed by atoms with Crippen LogP contribution in [-0.2, 0) is 47.1 Å². The van der Waals surface area contributed by atoms with E-state index >= 15 is 0 Å². The van der Waals surface area contributed by atoms with E-state index in [0.717, 1.165) is 22.3 Å². The summed E-state index contributed by atoms with van der Waals surface area (Å²) in [6.07, 6.45) is 0.406. The first-order valence-corrected chi connectivity index (χ1v) is 13.1. The molecule has 0 aliphatic heterocycles. The Labute approximate surface area is 214 Å². The Morgan fingerprint density at radius 2 is 1.50 bits per heavy atom. The molecule has 8 nitrogen and oxygen atoms in total. The zero-order valence-corrected chi connectivity index (χ0v) is 22.9. The molecule has 0 heterocycles. The van der Waals surface area contributed by atoms with Crippen LogP contribution in [0.5, 0.6) is 5.75 Å². The highest BCUT2D eigenvalue weighted by Gasteiger charge is 2.27. The van der Waals surface area contributed by atoms with Gasteiger partial charge in [0.15, 0.2) is 6.04 Å². The number of aromatic hydroxyl groups is 1. The number of amides is 1. The van der Waals surface area contributed by atoms with E-state index in [4.69, 9.17) is 9.05 Å². The Hall–Kier alpha value is -2.67. The predicted molar refractivity (Wildman–Crippen MR) is 140 cm³/mol. The fourth-order valence-corrected chi connectivity index (χ4v) is 4.26. The second-order valence-electron chi connectivity index (χ2n) is 10.8. The summed E-state index contributed by atoms with van der Waals surface area (Å²) in [5.41, 5.74) is 2.68. The van der Waals surface area contributed by atoms with Crippen LogP contribution < -0.4 is 5.32 Å². The second kappa shape index (κ2) is 12.5. The van der Waals surface area contributed by atoms with E-state index in [1.165, 1.54) is 0 Å². The second-order valence-corrected chi connectivity index (χ2v) is 11.9. The summed E-state index contributed by atoms with van der Waals surface area (Å²) < 4.78 is 22.2. The zero-order valence-electron chi connectivity index (χ0n) is 21.9. The van der Waals surface area contributed by atoms with Gasteiger partial charge in [0.25, 0.3) is 0 Å². The van der Waals surface area contributed by atoms with Gasteiger partial charge in [0, 0.05) is 6.42 Å². The molecule has 9 heteroatoms. The molecule has 198 valence electrons. The minimum Gasteiger partial charge on any atom is -0.507 e. The van der Waals surface area contributed by atoms with Crippen molar-refractivity contribution in [2.75, 3.05) is 6.61 Å². The quantitative estimate of drug-likeness (QED) is 0.353. The number of carboxylic acid groups (broad SMARTS) is 1. The minimum atomic E-state index is -2.93. The monoisotopic (exact) mass is 519 g/mol. The van der Waals surface area contributed by atoms with Crippen molar-refractivity contribution >= 4 is 20.1 Å². The zero-order chi connectivity index (χ0) is 27.1. The molecule has 36 heavy (non-hydrogen) atoms. The van der Waals surface area contributed by atoms with Crippen LogP contribution in [0.15, 0.2) is 42.5 Å². The van der Waals surface area contributed by atoms with E-state index in [1.807, 2.05) is 71.9 Å². The number of carbonyl (C=O) groups is 2. The van der Waals surface area contributed by atoms with Crippen LogP contribution in [0.25, 0.3) is 0 Å². The molecule has 0 aliphatic rings. The largest absolute Gasteiger partial charge is 0.507 e. The standard InChI is InChI=1S/C27H38NO7P/c1-26(2,3)20-14-19(15-21(24(20)30)27(4,5)6)12-13-23(29)28-22(25(31)32)17-35-36(33)34-16-18-10-8-7-9-11-18/h7-11,14-15,22,30,36H,12-13,16-17H2,1-6H3,(H,28,29)(H,31,32)/t22-/m0/s1. The first-order chi connectivity index (χ1) is 16.7. The summed E-state index contributed by atoms with van der Waals surface area (Å²) in [6.45, 7) is 11.7. The summed E-state index contributed by atoms with van der Waals surface area (Å²) >= 11 is 0. The van der Waals surface area contributed by atoms with Crippen LogP contribution >= 0.6 is 8.25 Å². The summed E-state index contributed by atoms with van der Waals surface area (Å²) in [5.74, 6) is -1.51. The van der Waals surface area contributed by atoms with Crippen molar-refractivity contribution in [1.29, 1.82) is 0 Å². The fourth-order valence-electron chi connectivity index (χ4n) is 3.59. The lowest BCUT2D eigenvalue weighted by Crippen LogP contribution is -2.43. The van der Waals surface area contributed by atoms with Gasteiger partial charge in [-0.05, 0) is 39.5 Å². The van der Waals surface area contributed by atoms with Gasteiger partial charge in [-0.1, -0.05) is 84.0 Å². The van der Waals surface area contributed by atoms with Gasteiger partial charge in [0.2, 0.25) is 5.91 Å². The van der Waals surface area contributed by atoms with Gasteiger partial charge in [-0.3, -0.25) is 9.36 Å². The molecule has 2 aromatic carbocycles. The normalized spacial score (nSPS) is 13.7. The van der Waals surface area contributed by atoms with E-state index in [9.17, 15) is 24.4 Å². The molecule has 2 rings (SSSR count). The molecule has 0 bridgehead atoms. The highest BCUT2D eigenvalue weighted by molar-refractivity contribution is 7.33. The Bertz CT molecular complexity index is 1040. The first-order valence-electron chi connectivity index (χ1n) is 11.9. The van der Waals surface area contributed by atoms with Crippen molar-refractivity contribution in [3.05, 3.63) is 64.7 Å². The van der Waals surface area contributed by atoms with Gasteiger partial charge in [-0.2, -0.15) is 0 Å². The van der Waals surface area contributed by atoms with E-state index in [2.05, 4.69) is 5.32 Å². The van der Waals surface area contributed by atoms with Crippen LogP contribution in [0.3, 0.4) is 0 Å². The summed E-state index contributed by atoms with van der Waals surface area (Å²) in [7, 11) is -2.93. The van der Waals surface area contributed by atoms with Crippen LogP contribution in [-0.4, -0.2) is 34.7 Å². The van der Waals surface area contributed by atoms with E-state index in [1.54, 1.807) is 12.1 Å². The molecule has 0 spiro atoms. The van der Waals surface area contributed by atoms with Crippen LogP contribution in [0.4, 0.5) is 0 Å². The number of aryl methyl sites for hydroxylation is 1. The number of aliphatic carboxylic acids is 1. The third kappa shape index (κ3) is 9.08. The smallest absolute Gasteiger partial charge is 0.328 e. The number of phenolic OH excluding ortho intramolecular Hbond substituents is 1. The molecular formula is C27H38NO7P. The van der Waals surface area contributed by atoms with Gasteiger partial charge in [0.05, 0.1) is 13.2 Å². The molecule has 3 N–H and O–H groups in total. The van der Waals surface area contributed by atoms with Crippen molar-refractivity contribution in [3.63, 3.8) is 0 Å². The van der Waals surface area contributed by atoms with Crippen molar-refractivity contribution in [2.24, 2.45) is 0 Å². The fraction of sp³-hybridized carbons (Fsp3) is 0.481.